The monoisotopic (exact) mass is 414 g/mol. The van der Waals surface area contributed by atoms with Gasteiger partial charge in [0.2, 0.25) is 0 Å². The van der Waals surface area contributed by atoms with E-state index < -0.39 is 0 Å². The summed E-state index contributed by atoms with van der Waals surface area (Å²) < 4.78 is 20.5. The van der Waals surface area contributed by atoms with Crippen molar-refractivity contribution in [1.29, 1.82) is 0 Å². The fourth-order valence-electron chi connectivity index (χ4n) is 4.49. The molecule has 2 aliphatic rings. The number of hydrogen-bond acceptors (Lipinski definition) is 4. The third-order valence-corrected chi connectivity index (χ3v) is 6.13. The first kappa shape index (κ1) is 21.0. The molecule has 7 heteroatoms. The number of rotatable bonds is 6. The summed E-state index contributed by atoms with van der Waals surface area (Å²) in [6, 6.07) is 6.36. The highest BCUT2D eigenvalue weighted by Gasteiger charge is 2.27. The van der Waals surface area contributed by atoms with E-state index in [4.69, 9.17) is 4.74 Å². The number of piperidine rings is 1. The van der Waals surface area contributed by atoms with E-state index in [1.54, 1.807) is 23.0 Å². The van der Waals surface area contributed by atoms with E-state index in [1.165, 1.54) is 12.1 Å². The number of benzene rings is 1. The minimum Gasteiger partial charge on any atom is -0.381 e. The summed E-state index contributed by atoms with van der Waals surface area (Å²) in [4.78, 5) is 15.5. The molecule has 2 saturated heterocycles. The third-order valence-electron chi connectivity index (χ3n) is 6.13. The molecule has 1 aromatic heterocycles. The summed E-state index contributed by atoms with van der Waals surface area (Å²) in [6.07, 6.45) is 4.71. The van der Waals surface area contributed by atoms with Crippen molar-refractivity contribution in [2.24, 2.45) is 5.92 Å². The van der Waals surface area contributed by atoms with Gasteiger partial charge >= 0.3 is 0 Å². The molecule has 1 N–H and O–H groups in total. The SMILES string of the molecule is CC(C)c1c(C(=O)NC2CCN(CC3CCOC3)CC2)cnn1-c1ccc(F)cc1. The van der Waals surface area contributed by atoms with Crippen molar-refractivity contribution in [1.82, 2.24) is 20.0 Å². The van der Waals surface area contributed by atoms with Crippen LogP contribution in [0.3, 0.4) is 0 Å². The Morgan fingerprint density at radius 3 is 2.60 bits per heavy atom. The second-order valence-electron chi connectivity index (χ2n) is 8.76. The molecule has 0 saturated carbocycles. The number of halogens is 1. The molecular weight excluding hydrogens is 383 g/mol. The Morgan fingerprint density at radius 2 is 1.97 bits per heavy atom. The van der Waals surface area contributed by atoms with E-state index in [9.17, 15) is 9.18 Å². The molecule has 1 amide bonds. The molecule has 6 nitrogen and oxygen atoms in total. The average Bonchev–Trinajstić information content (AvgIpc) is 3.40. The van der Waals surface area contributed by atoms with E-state index in [2.05, 4.69) is 15.3 Å². The Morgan fingerprint density at radius 1 is 1.23 bits per heavy atom. The number of amides is 1. The van der Waals surface area contributed by atoms with Gasteiger partial charge in [0.15, 0.2) is 0 Å². The molecule has 4 rings (SSSR count). The molecular formula is C23H31FN4O2. The van der Waals surface area contributed by atoms with Crippen LogP contribution in [0.15, 0.2) is 30.5 Å². The first-order valence-corrected chi connectivity index (χ1v) is 11.0. The summed E-state index contributed by atoms with van der Waals surface area (Å²) in [5, 5.41) is 7.65. The van der Waals surface area contributed by atoms with Crippen LogP contribution in [-0.2, 0) is 4.74 Å². The topological polar surface area (TPSA) is 59.4 Å². The van der Waals surface area contributed by atoms with Crippen LogP contribution in [0.1, 0.15) is 55.1 Å². The quantitative estimate of drug-likeness (QED) is 0.787. The Labute approximate surface area is 177 Å². The summed E-state index contributed by atoms with van der Waals surface area (Å²) in [6.45, 7) is 8.97. The second kappa shape index (κ2) is 9.27. The van der Waals surface area contributed by atoms with Crippen molar-refractivity contribution in [3.05, 3.63) is 47.5 Å². The predicted molar refractivity (Wildman–Crippen MR) is 113 cm³/mol. The largest absolute Gasteiger partial charge is 0.381 e. The van der Waals surface area contributed by atoms with E-state index in [-0.39, 0.29) is 23.7 Å². The zero-order valence-corrected chi connectivity index (χ0v) is 17.8. The van der Waals surface area contributed by atoms with E-state index >= 15 is 0 Å². The number of nitrogens with zero attached hydrogens (tertiary/aromatic N) is 3. The maximum atomic E-state index is 13.3. The van der Waals surface area contributed by atoms with Crippen molar-refractivity contribution in [3.63, 3.8) is 0 Å². The Hall–Kier alpha value is -2.25. The zero-order valence-electron chi connectivity index (χ0n) is 17.8. The number of aromatic nitrogens is 2. The molecule has 1 unspecified atom stereocenters. The van der Waals surface area contributed by atoms with Crippen molar-refractivity contribution in [2.75, 3.05) is 32.8 Å². The van der Waals surface area contributed by atoms with Crippen molar-refractivity contribution in [2.45, 2.75) is 45.1 Å². The Bertz CT molecular complexity index is 851. The van der Waals surface area contributed by atoms with Gasteiger partial charge < -0.3 is 15.0 Å². The minimum atomic E-state index is -0.290. The first-order valence-electron chi connectivity index (χ1n) is 11.0. The highest BCUT2D eigenvalue weighted by Crippen LogP contribution is 2.24. The van der Waals surface area contributed by atoms with Crippen LogP contribution in [0, 0.1) is 11.7 Å². The lowest BCUT2D eigenvalue weighted by Crippen LogP contribution is -2.46. The summed E-state index contributed by atoms with van der Waals surface area (Å²) in [5.74, 6) is 0.396. The number of hydrogen-bond donors (Lipinski definition) is 1. The highest BCUT2D eigenvalue weighted by atomic mass is 19.1. The van der Waals surface area contributed by atoms with Crippen LogP contribution in [0.2, 0.25) is 0 Å². The lowest BCUT2D eigenvalue weighted by molar-refractivity contribution is 0.0902. The lowest BCUT2D eigenvalue weighted by Gasteiger charge is -2.33. The first-order chi connectivity index (χ1) is 14.5. The molecule has 0 bridgehead atoms. The van der Waals surface area contributed by atoms with Crippen molar-refractivity contribution < 1.29 is 13.9 Å². The van der Waals surface area contributed by atoms with Gasteiger partial charge in [0.05, 0.1) is 29.7 Å². The van der Waals surface area contributed by atoms with Gasteiger partial charge in [-0.2, -0.15) is 5.10 Å². The van der Waals surface area contributed by atoms with Crippen LogP contribution in [0.5, 0.6) is 0 Å². The van der Waals surface area contributed by atoms with Crippen LogP contribution < -0.4 is 5.32 Å². The molecule has 2 aromatic rings. The van der Waals surface area contributed by atoms with Gasteiger partial charge in [0.1, 0.15) is 5.82 Å². The Kier molecular flexibility index (Phi) is 6.49. The highest BCUT2D eigenvalue weighted by molar-refractivity contribution is 5.95. The van der Waals surface area contributed by atoms with E-state index in [0.717, 1.165) is 63.5 Å². The minimum absolute atomic E-state index is 0.0743. The van der Waals surface area contributed by atoms with E-state index in [1.807, 2.05) is 13.8 Å². The van der Waals surface area contributed by atoms with Gasteiger partial charge in [-0.25, -0.2) is 9.07 Å². The second-order valence-corrected chi connectivity index (χ2v) is 8.76. The molecule has 1 atom stereocenters. The Balaban J connectivity index is 1.39. The van der Waals surface area contributed by atoms with Gasteiger partial charge in [0, 0.05) is 32.3 Å². The number of nitrogens with one attached hydrogen (secondary N) is 1. The lowest BCUT2D eigenvalue weighted by atomic mass is 10.0. The number of likely N-dealkylation sites (tertiary alicyclic amines) is 1. The van der Waals surface area contributed by atoms with Crippen LogP contribution in [0.25, 0.3) is 5.69 Å². The van der Waals surface area contributed by atoms with Crippen LogP contribution in [-0.4, -0.2) is 59.5 Å². The van der Waals surface area contributed by atoms with Crippen molar-refractivity contribution in [3.8, 4) is 5.69 Å². The zero-order chi connectivity index (χ0) is 21.1. The molecule has 0 spiro atoms. The molecule has 0 radical (unpaired) electrons. The smallest absolute Gasteiger partial charge is 0.255 e. The molecule has 162 valence electrons. The fraction of sp³-hybridized carbons (Fsp3) is 0.565. The number of carbonyl (C=O) groups is 1. The molecule has 30 heavy (non-hydrogen) atoms. The summed E-state index contributed by atoms with van der Waals surface area (Å²) in [5.41, 5.74) is 2.20. The number of carbonyl (C=O) groups excluding carboxylic acids is 1. The molecule has 2 fully saturated rings. The van der Waals surface area contributed by atoms with Gasteiger partial charge in [-0.05, 0) is 55.4 Å². The fourth-order valence-corrected chi connectivity index (χ4v) is 4.49. The maximum absolute atomic E-state index is 13.3. The van der Waals surface area contributed by atoms with E-state index in [0.29, 0.717) is 11.5 Å². The van der Waals surface area contributed by atoms with Gasteiger partial charge in [-0.1, -0.05) is 13.8 Å². The van der Waals surface area contributed by atoms with Gasteiger partial charge in [-0.15, -0.1) is 0 Å². The predicted octanol–water partition coefficient (Wildman–Crippen LogP) is 3.37. The maximum Gasteiger partial charge on any atom is 0.255 e. The van der Waals surface area contributed by atoms with Crippen LogP contribution in [0.4, 0.5) is 4.39 Å². The van der Waals surface area contributed by atoms with Gasteiger partial charge in [-0.3, -0.25) is 4.79 Å². The van der Waals surface area contributed by atoms with Gasteiger partial charge in [0.25, 0.3) is 5.91 Å². The molecule has 1 aromatic carbocycles. The molecule has 3 heterocycles. The standard InChI is InChI=1S/C23H31FN4O2/c1-16(2)22-21(13-25-28(22)20-5-3-18(24)4-6-20)23(29)26-19-7-10-27(11-8-19)14-17-9-12-30-15-17/h3-6,13,16-17,19H,7-12,14-15H2,1-2H3,(H,26,29). The number of ether oxygens (including phenoxy) is 1. The molecule has 0 aliphatic carbocycles. The third kappa shape index (κ3) is 4.73. The van der Waals surface area contributed by atoms with Crippen LogP contribution >= 0.6 is 0 Å². The summed E-state index contributed by atoms with van der Waals surface area (Å²) in [7, 11) is 0. The molecule has 2 aliphatic heterocycles. The van der Waals surface area contributed by atoms with Crippen molar-refractivity contribution >= 4 is 5.91 Å². The average molecular weight is 415 g/mol. The summed E-state index contributed by atoms with van der Waals surface area (Å²) >= 11 is 0. The normalized spacial score (nSPS) is 20.7.